The predicted octanol–water partition coefficient (Wildman–Crippen LogP) is 1.23. The second kappa shape index (κ2) is 6.43. The number of hydrogen-bond acceptors (Lipinski definition) is 7. The van der Waals surface area contributed by atoms with E-state index in [9.17, 15) is 0 Å². The van der Waals surface area contributed by atoms with Crippen molar-refractivity contribution < 1.29 is 4.74 Å². The van der Waals surface area contributed by atoms with E-state index in [0.717, 1.165) is 19.6 Å². The van der Waals surface area contributed by atoms with Crippen LogP contribution in [-0.4, -0.2) is 61.9 Å². The van der Waals surface area contributed by atoms with Gasteiger partial charge in [-0.25, -0.2) is 0 Å². The fourth-order valence-corrected chi connectivity index (χ4v) is 2.32. The Morgan fingerprint density at radius 1 is 1.19 bits per heavy atom. The molecule has 0 unspecified atom stereocenters. The molecule has 1 fully saturated rings. The van der Waals surface area contributed by atoms with E-state index < -0.39 is 0 Å². The summed E-state index contributed by atoms with van der Waals surface area (Å²) in [6, 6.07) is 0. The highest BCUT2D eigenvalue weighted by atomic mass is 16.5. The Morgan fingerprint density at radius 2 is 1.86 bits per heavy atom. The Kier molecular flexibility index (Phi) is 4.82. The number of nitrogens with one attached hydrogen (secondary N) is 1. The summed E-state index contributed by atoms with van der Waals surface area (Å²) in [7, 11) is 3.84. The molecule has 0 radical (unpaired) electrons. The van der Waals surface area contributed by atoms with E-state index in [1.165, 1.54) is 0 Å². The van der Waals surface area contributed by atoms with Crippen molar-refractivity contribution in [2.45, 2.75) is 20.8 Å². The van der Waals surface area contributed by atoms with Crippen molar-refractivity contribution >= 4 is 17.8 Å². The van der Waals surface area contributed by atoms with Gasteiger partial charge in [-0.15, -0.1) is 0 Å². The standard InChI is InChI=1S/C14H26N6O/c1-14(2,3)10-19(5)12-16-11(15-4)17-13(18-12)20-6-8-21-9-7-20/h6-10H2,1-5H3,(H,15,16,17,18). The van der Waals surface area contributed by atoms with Crippen molar-refractivity contribution in [3.05, 3.63) is 0 Å². The number of anilines is 3. The van der Waals surface area contributed by atoms with E-state index in [1.54, 1.807) is 0 Å². The van der Waals surface area contributed by atoms with Gasteiger partial charge in [0.25, 0.3) is 0 Å². The number of rotatable bonds is 4. The van der Waals surface area contributed by atoms with E-state index in [4.69, 9.17) is 4.74 Å². The first kappa shape index (κ1) is 15.8. The highest BCUT2D eigenvalue weighted by Crippen LogP contribution is 2.20. The Balaban J connectivity index is 2.24. The molecule has 0 aromatic carbocycles. The molecule has 1 N–H and O–H groups in total. The quantitative estimate of drug-likeness (QED) is 0.896. The lowest BCUT2D eigenvalue weighted by atomic mass is 9.96. The van der Waals surface area contributed by atoms with E-state index >= 15 is 0 Å². The van der Waals surface area contributed by atoms with Crippen LogP contribution in [0.4, 0.5) is 17.8 Å². The van der Waals surface area contributed by atoms with Crippen LogP contribution in [0.1, 0.15) is 20.8 Å². The molecule has 1 aromatic rings. The summed E-state index contributed by atoms with van der Waals surface area (Å²) in [4.78, 5) is 17.8. The van der Waals surface area contributed by atoms with Crippen LogP contribution in [0.15, 0.2) is 0 Å². The molecule has 118 valence electrons. The molecule has 0 amide bonds. The van der Waals surface area contributed by atoms with E-state index in [1.807, 2.05) is 14.1 Å². The van der Waals surface area contributed by atoms with Crippen molar-refractivity contribution in [2.24, 2.45) is 5.41 Å². The molecule has 0 bridgehead atoms. The molecule has 7 nitrogen and oxygen atoms in total. The van der Waals surface area contributed by atoms with Crippen LogP contribution in [0.3, 0.4) is 0 Å². The first-order chi connectivity index (χ1) is 9.89. The van der Waals surface area contributed by atoms with Crippen molar-refractivity contribution in [3.8, 4) is 0 Å². The summed E-state index contributed by atoms with van der Waals surface area (Å²) in [5.41, 5.74) is 0.181. The molecule has 1 aromatic heterocycles. The van der Waals surface area contributed by atoms with Gasteiger partial charge in [0.2, 0.25) is 17.8 Å². The Morgan fingerprint density at radius 3 is 2.43 bits per heavy atom. The summed E-state index contributed by atoms with van der Waals surface area (Å²) < 4.78 is 5.38. The lowest BCUT2D eigenvalue weighted by molar-refractivity contribution is 0.122. The third-order valence-electron chi connectivity index (χ3n) is 3.18. The molecule has 21 heavy (non-hydrogen) atoms. The van der Waals surface area contributed by atoms with Crippen molar-refractivity contribution in [3.63, 3.8) is 0 Å². The van der Waals surface area contributed by atoms with Crippen LogP contribution in [0, 0.1) is 5.41 Å². The van der Waals surface area contributed by atoms with E-state index in [-0.39, 0.29) is 5.41 Å². The van der Waals surface area contributed by atoms with Crippen LogP contribution in [0.5, 0.6) is 0 Å². The van der Waals surface area contributed by atoms with Gasteiger partial charge < -0.3 is 19.9 Å². The minimum atomic E-state index is 0.181. The Hall–Kier alpha value is -1.63. The average Bonchev–Trinajstić information content (AvgIpc) is 2.46. The van der Waals surface area contributed by atoms with Crippen molar-refractivity contribution in [1.82, 2.24) is 15.0 Å². The molecule has 1 aliphatic heterocycles. The Labute approximate surface area is 126 Å². The second-order valence-corrected chi connectivity index (χ2v) is 6.53. The van der Waals surface area contributed by atoms with E-state index in [2.05, 4.69) is 50.8 Å². The lowest BCUT2D eigenvalue weighted by Gasteiger charge is -2.29. The number of hydrogen-bond donors (Lipinski definition) is 1. The van der Waals surface area contributed by atoms with Crippen LogP contribution in [0.2, 0.25) is 0 Å². The van der Waals surface area contributed by atoms with Gasteiger partial charge in [-0.1, -0.05) is 20.8 Å². The maximum atomic E-state index is 5.38. The largest absolute Gasteiger partial charge is 0.378 e. The zero-order valence-electron chi connectivity index (χ0n) is 13.7. The lowest BCUT2D eigenvalue weighted by Crippen LogP contribution is -2.38. The van der Waals surface area contributed by atoms with Crippen LogP contribution in [0.25, 0.3) is 0 Å². The van der Waals surface area contributed by atoms with Gasteiger partial charge in [-0.2, -0.15) is 15.0 Å². The highest BCUT2D eigenvalue weighted by Gasteiger charge is 2.20. The molecule has 2 rings (SSSR count). The van der Waals surface area contributed by atoms with Crippen LogP contribution in [-0.2, 0) is 4.74 Å². The molecule has 0 spiro atoms. The van der Waals surface area contributed by atoms with Gasteiger partial charge in [-0.05, 0) is 5.41 Å². The Bertz CT molecular complexity index is 467. The van der Waals surface area contributed by atoms with Crippen molar-refractivity contribution in [2.75, 3.05) is 62.1 Å². The highest BCUT2D eigenvalue weighted by molar-refractivity contribution is 5.45. The average molecular weight is 294 g/mol. The van der Waals surface area contributed by atoms with Gasteiger partial charge in [0, 0.05) is 33.7 Å². The minimum absolute atomic E-state index is 0.181. The fourth-order valence-electron chi connectivity index (χ4n) is 2.32. The molecule has 0 atom stereocenters. The van der Waals surface area contributed by atoms with Crippen LogP contribution >= 0.6 is 0 Å². The third kappa shape index (κ3) is 4.42. The normalized spacial score (nSPS) is 16.0. The first-order valence-corrected chi connectivity index (χ1v) is 7.37. The molecule has 1 saturated heterocycles. The molecule has 2 heterocycles. The maximum Gasteiger partial charge on any atom is 0.232 e. The summed E-state index contributed by atoms with van der Waals surface area (Å²) in [5, 5.41) is 3.02. The second-order valence-electron chi connectivity index (χ2n) is 6.53. The zero-order valence-corrected chi connectivity index (χ0v) is 13.7. The smallest absolute Gasteiger partial charge is 0.232 e. The molecular weight excluding hydrogens is 268 g/mol. The predicted molar refractivity (Wildman–Crippen MR) is 85.1 cm³/mol. The van der Waals surface area contributed by atoms with Crippen LogP contribution < -0.4 is 15.1 Å². The van der Waals surface area contributed by atoms with Gasteiger partial charge in [0.1, 0.15) is 0 Å². The molecule has 0 saturated carbocycles. The van der Waals surface area contributed by atoms with E-state index in [0.29, 0.717) is 31.1 Å². The monoisotopic (exact) mass is 294 g/mol. The summed E-state index contributed by atoms with van der Waals surface area (Å²) in [6.45, 7) is 10.5. The SMILES string of the molecule is CNc1nc(N(C)CC(C)(C)C)nc(N2CCOCC2)n1. The molecule has 0 aliphatic carbocycles. The van der Waals surface area contributed by atoms with Gasteiger partial charge >= 0.3 is 0 Å². The topological polar surface area (TPSA) is 66.4 Å². The van der Waals surface area contributed by atoms with Gasteiger partial charge in [-0.3, -0.25) is 0 Å². The summed E-state index contributed by atoms with van der Waals surface area (Å²) in [5.74, 6) is 2.02. The minimum Gasteiger partial charge on any atom is -0.378 e. The fraction of sp³-hybridized carbons (Fsp3) is 0.786. The zero-order chi connectivity index (χ0) is 15.5. The number of aromatic nitrogens is 3. The maximum absolute atomic E-state index is 5.38. The summed E-state index contributed by atoms with van der Waals surface area (Å²) >= 11 is 0. The number of nitrogens with zero attached hydrogens (tertiary/aromatic N) is 5. The van der Waals surface area contributed by atoms with Gasteiger partial charge in [0.15, 0.2) is 0 Å². The molecule has 1 aliphatic rings. The van der Waals surface area contributed by atoms with Crippen molar-refractivity contribution in [1.29, 1.82) is 0 Å². The van der Waals surface area contributed by atoms with Gasteiger partial charge in [0.05, 0.1) is 13.2 Å². The first-order valence-electron chi connectivity index (χ1n) is 7.37. The molecular formula is C14H26N6O. The number of ether oxygens (including phenoxy) is 1. The molecule has 7 heteroatoms. The summed E-state index contributed by atoms with van der Waals surface area (Å²) in [6.07, 6.45) is 0. The number of morpholine rings is 1. The third-order valence-corrected chi connectivity index (χ3v) is 3.18.